The van der Waals surface area contributed by atoms with Gasteiger partial charge in [0, 0.05) is 12.2 Å². The van der Waals surface area contributed by atoms with Crippen LogP contribution in [0.3, 0.4) is 0 Å². The molecule has 1 N–H and O–H groups in total. The summed E-state index contributed by atoms with van der Waals surface area (Å²) >= 11 is 0. The first-order chi connectivity index (χ1) is 9.13. The lowest BCUT2D eigenvalue weighted by atomic mass is 10.1. The van der Waals surface area contributed by atoms with Gasteiger partial charge in [-0.05, 0) is 43.7 Å². The van der Waals surface area contributed by atoms with E-state index in [1.807, 2.05) is 42.2 Å². The summed E-state index contributed by atoms with van der Waals surface area (Å²) < 4.78 is 14.2. The number of benzene rings is 2. The zero-order chi connectivity index (χ0) is 13.8. The van der Waals surface area contributed by atoms with Crippen LogP contribution in [0.4, 0.5) is 15.8 Å². The Morgan fingerprint density at radius 2 is 1.84 bits per heavy atom. The molecular weight excluding hydrogens is 241 g/mol. The molecule has 0 aliphatic rings. The van der Waals surface area contributed by atoms with Gasteiger partial charge in [-0.1, -0.05) is 24.3 Å². The molecule has 0 unspecified atom stereocenters. The van der Waals surface area contributed by atoms with Crippen LogP contribution in [0.5, 0.6) is 0 Å². The third-order valence-electron chi connectivity index (χ3n) is 3.13. The molecular formula is C16H18FNO. The van der Waals surface area contributed by atoms with E-state index in [0.717, 1.165) is 5.69 Å². The minimum absolute atomic E-state index is 0.316. The molecule has 1 atom stereocenters. The average molecular weight is 259 g/mol. The van der Waals surface area contributed by atoms with Gasteiger partial charge in [-0.15, -0.1) is 0 Å². The molecule has 2 aromatic rings. The number of para-hydroxylation sites is 1. The Morgan fingerprint density at radius 3 is 2.37 bits per heavy atom. The van der Waals surface area contributed by atoms with Crippen molar-refractivity contribution < 1.29 is 9.50 Å². The van der Waals surface area contributed by atoms with Gasteiger partial charge in [0.1, 0.15) is 5.82 Å². The second-order valence-electron chi connectivity index (χ2n) is 4.47. The van der Waals surface area contributed by atoms with E-state index in [1.54, 1.807) is 19.1 Å². The van der Waals surface area contributed by atoms with Crippen LogP contribution in [0.1, 0.15) is 25.5 Å². The lowest BCUT2D eigenvalue weighted by Gasteiger charge is -2.24. The van der Waals surface area contributed by atoms with E-state index >= 15 is 0 Å². The van der Waals surface area contributed by atoms with Gasteiger partial charge in [-0.3, -0.25) is 0 Å². The molecule has 100 valence electrons. The predicted molar refractivity (Wildman–Crippen MR) is 76.2 cm³/mol. The smallest absolute Gasteiger partial charge is 0.147 e. The van der Waals surface area contributed by atoms with Crippen LogP contribution in [-0.4, -0.2) is 11.7 Å². The first kappa shape index (κ1) is 13.6. The van der Waals surface area contributed by atoms with Gasteiger partial charge in [0.05, 0.1) is 11.8 Å². The van der Waals surface area contributed by atoms with E-state index in [0.29, 0.717) is 17.8 Å². The van der Waals surface area contributed by atoms with Crippen molar-refractivity contribution in [3.63, 3.8) is 0 Å². The summed E-state index contributed by atoms with van der Waals surface area (Å²) in [7, 11) is 0. The molecule has 0 bridgehead atoms. The summed E-state index contributed by atoms with van der Waals surface area (Å²) in [5.74, 6) is -0.316. The molecule has 19 heavy (non-hydrogen) atoms. The Balaban J connectivity index is 2.39. The summed E-state index contributed by atoms with van der Waals surface area (Å²) in [5, 5.41) is 9.47. The summed E-state index contributed by atoms with van der Waals surface area (Å²) in [4.78, 5) is 1.90. The average Bonchev–Trinajstić information content (AvgIpc) is 2.42. The number of halogens is 1. The first-order valence-corrected chi connectivity index (χ1v) is 6.43. The van der Waals surface area contributed by atoms with Gasteiger partial charge < -0.3 is 10.0 Å². The third-order valence-corrected chi connectivity index (χ3v) is 3.13. The highest BCUT2D eigenvalue weighted by molar-refractivity contribution is 5.63. The minimum atomic E-state index is -0.657. The second kappa shape index (κ2) is 5.85. The predicted octanol–water partition coefficient (Wildman–Crippen LogP) is 4.04. The van der Waals surface area contributed by atoms with Crippen molar-refractivity contribution in [3.8, 4) is 0 Å². The number of nitrogens with zero attached hydrogens (tertiary/aromatic N) is 1. The molecule has 0 aliphatic heterocycles. The molecule has 0 aromatic heterocycles. The van der Waals surface area contributed by atoms with Crippen molar-refractivity contribution in [2.75, 3.05) is 11.4 Å². The molecule has 0 spiro atoms. The monoisotopic (exact) mass is 259 g/mol. The SMILES string of the molecule is CCN(c1ccccc1)c1ccc([C@H](C)O)cc1F. The van der Waals surface area contributed by atoms with Crippen molar-refractivity contribution in [1.82, 2.24) is 0 Å². The summed E-state index contributed by atoms with van der Waals surface area (Å²) in [6.07, 6.45) is -0.657. The van der Waals surface area contributed by atoms with Crippen LogP contribution in [0, 0.1) is 5.82 Å². The molecule has 0 saturated heterocycles. The van der Waals surface area contributed by atoms with Gasteiger partial charge in [-0.25, -0.2) is 4.39 Å². The Bertz CT molecular complexity index is 540. The molecule has 0 fully saturated rings. The van der Waals surface area contributed by atoms with Gasteiger partial charge in [0.2, 0.25) is 0 Å². The molecule has 2 rings (SSSR count). The van der Waals surface area contributed by atoms with E-state index in [4.69, 9.17) is 0 Å². The van der Waals surface area contributed by atoms with E-state index in [1.165, 1.54) is 6.07 Å². The van der Waals surface area contributed by atoms with Crippen molar-refractivity contribution in [1.29, 1.82) is 0 Å². The Hall–Kier alpha value is -1.87. The highest BCUT2D eigenvalue weighted by Gasteiger charge is 2.13. The normalized spacial score (nSPS) is 12.2. The molecule has 3 heteroatoms. The van der Waals surface area contributed by atoms with Crippen LogP contribution in [0.2, 0.25) is 0 Å². The van der Waals surface area contributed by atoms with Gasteiger partial charge in [0.25, 0.3) is 0 Å². The highest BCUT2D eigenvalue weighted by atomic mass is 19.1. The largest absolute Gasteiger partial charge is 0.389 e. The summed E-state index contributed by atoms with van der Waals surface area (Å²) in [6.45, 7) is 4.28. The lowest BCUT2D eigenvalue weighted by Crippen LogP contribution is -2.17. The molecule has 0 radical (unpaired) electrons. The van der Waals surface area contributed by atoms with Crippen LogP contribution in [-0.2, 0) is 0 Å². The number of hydrogen-bond acceptors (Lipinski definition) is 2. The van der Waals surface area contributed by atoms with Gasteiger partial charge in [0.15, 0.2) is 0 Å². The maximum absolute atomic E-state index is 14.2. The Morgan fingerprint density at radius 1 is 1.16 bits per heavy atom. The fraction of sp³-hybridized carbons (Fsp3) is 0.250. The van der Waals surface area contributed by atoms with E-state index < -0.39 is 6.10 Å². The quantitative estimate of drug-likeness (QED) is 0.895. The van der Waals surface area contributed by atoms with Crippen LogP contribution < -0.4 is 4.90 Å². The summed E-state index contributed by atoms with van der Waals surface area (Å²) in [6, 6.07) is 14.6. The van der Waals surface area contributed by atoms with Crippen molar-refractivity contribution in [2.45, 2.75) is 20.0 Å². The standard InChI is InChI=1S/C16H18FNO/c1-3-18(14-7-5-4-6-8-14)16-10-9-13(12(2)19)11-15(16)17/h4-12,19H,3H2,1-2H3/t12-/m0/s1. The number of rotatable bonds is 4. The topological polar surface area (TPSA) is 23.5 Å². The number of aliphatic hydroxyl groups excluding tert-OH is 1. The highest BCUT2D eigenvalue weighted by Crippen LogP contribution is 2.29. The Kier molecular flexibility index (Phi) is 4.17. The van der Waals surface area contributed by atoms with Crippen molar-refractivity contribution in [2.24, 2.45) is 0 Å². The molecule has 0 aliphatic carbocycles. The molecule has 2 aromatic carbocycles. The number of anilines is 2. The third kappa shape index (κ3) is 2.93. The van der Waals surface area contributed by atoms with Gasteiger partial charge >= 0.3 is 0 Å². The summed E-state index contributed by atoms with van der Waals surface area (Å²) in [5.41, 5.74) is 2.07. The number of aliphatic hydroxyl groups is 1. The van der Waals surface area contributed by atoms with Gasteiger partial charge in [-0.2, -0.15) is 0 Å². The first-order valence-electron chi connectivity index (χ1n) is 6.43. The minimum Gasteiger partial charge on any atom is -0.389 e. The van der Waals surface area contributed by atoms with E-state index in [2.05, 4.69) is 0 Å². The molecule has 0 saturated carbocycles. The maximum Gasteiger partial charge on any atom is 0.147 e. The second-order valence-corrected chi connectivity index (χ2v) is 4.47. The van der Waals surface area contributed by atoms with Crippen LogP contribution in [0.15, 0.2) is 48.5 Å². The fourth-order valence-electron chi connectivity index (χ4n) is 2.10. The number of hydrogen-bond donors (Lipinski definition) is 1. The molecule has 0 heterocycles. The molecule has 2 nitrogen and oxygen atoms in total. The van der Waals surface area contributed by atoms with Crippen molar-refractivity contribution >= 4 is 11.4 Å². The molecule has 0 amide bonds. The Labute approximate surface area is 113 Å². The maximum atomic E-state index is 14.2. The van der Waals surface area contributed by atoms with Crippen molar-refractivity contribution in [3.05, 3.63) is 59.9 Å². The fourth-order valence-corrected chi connectivity index (χ4v) is 2.10. The van der Waals surface area contributed by atoms with Crippen LogP contribution in [0.25, 0.3) is 0 Å². The lowest BCUT2D eigenvalue weighted by molar-refractivity contribution is 0.199. The van der Waals surface area contributed by atoms with E-state index in [9.17, 15) is 9.50 Å². The van der Waals surface area contributed by atoms with Crippen LogP contribution >= 0.6 is 0 Å². The zero-order valence-corrected chi connectivity index (χ0v) is 11.2. The van der Waals surface area contributed by atoms with E-state index in [-0.39, 0.29) is 5.82 Å². The zero-order valence-electron chi connectivity index (χ0n) is 11.2.